The second kappa shape index (κ2) is 7.62. The third-order valence-electron chi connectivity index (χ3n) is 4.83. The standard InChI is InChI=1S/C21H23N3O/c1-2-8-18(9-3-1)20-21(19-10-13-25-15-19)24(16-23-20)12-5-7-17-6-4-11-22-14-17/h1-4,6,8-9,11,14,16,19H,5,7,10,12-13,15H2/t19-/m0/s1. The Morgan fingerprint density at radius 2 is 2.04 bits per heavy atom. The Labute approximate surface area is 148 Å². The number of hydrogen-bond acceptors (Lipinski definition) is 3. The van der Waals surface area contributed by atoms with Gasteiger partial charge in [-0.3, -0.25) is 4.98 Å². The molecule has 25 heavy (non-hydrogen) atoms. The summed E-state index contributed by atoms with van der Waals surface area (Å²) in [6.45, 7) is 2.62. The van der Waals surface area contributed by atoms with Crippen LogP contribution in [0.25, 0.3) is 11.3 Å². The molecule has 2 aromatic heterocycles. The van der Waals surface area contributed by atoms with Crippen LogP contribution >= 0.6 is 0 Å². The number of ether oxygens (including phenoxy) is 1. The molecule has 3 heterocycles. The van der Waals surface area contributed by atoms with Gasteiger partial charge in [0.1, 0.15) is 0 Å². The highest BCUT2D eigenvalue weighted by atomic mass is 16.5. The summed E-state index contributed by atoms with van der Waals surface area (Å²) in [5.74, 6) is 0.441. The molecule has 1 atom stereocenters. The summed E-state index contributed by atoms with van der Waals surface area (Å²) >= 11 is 0. The van der Waals surface area contributed by atoms with Crippen molar-refractivity contribution in [3.8, 4) is 11.3 Å². The fraction of sp³-hybridized carbons (Fsp3) is 0.333. The van der Waals surface area contributed by atoms with Gasteiger partial charge in [0.25, 0.3) is 0 Å². The molecule has 0 unspecified atom stereocenters. The lowest BCUT2D eigenvalue weighted by Gasteiger charge is -2.15. The second-order valence-corrected chi connectivity index (χ2v) is 6.56. The second-order valence-electron chi connectivity index (χ2n) is 6.56. The van der Waals surface area contributed by atoms with Gasteiger partial charge in [-0.05, 0) is 30.9 Å². The molecule has 4 rings (SSSR count). The smallest absolute Gasteiger partial charge is 0.0956 e. The Balaban J connectivity index is 1.56. The molecule has 0 radical (unpaired) electrons. The van der Waals surface area contributed by atoms with Crippen molar-refractivity contribution in [3.63, 3.8) is 0 Å². The van der Waals surface area contributed by atoms with Gasteiger partial charge in [0.15, 0.2) is 0 Å². The Kier molecular flexibility index (Phi) is 4.89. The number of aryl methyl sites for hydroxylation is 2. The van der Waals surface area contributed by atoms with Crippen molar-refractivity contribution in [1.29, 1.82) is 0 Å². The van der Waals surface area contributed by atoms with Crippen LogP contribution in [0.15, 0.2) is 61.2 Å². The zero-order chi connectivity index (χ0) is 16.9. The van der Waals surface area contributed by atoms with E-state index in [1.165, 1.54) is 16.8 Å². The first-order chi connectivity index (χ1) is 12.4. The van der Waals surface area contributed by atoms with Gasteiger partial charge in [-0.2, -0.15) is 0 Å². The van der Waals surface area contributed by atoms with Gasteiger partial charge in [-0.25, -0.2) is 4.98 Å². The highest BCUT2D eigenvalue weighted by Crippen LogP contribution is 2.33. The van der Waals surface area contributed by atoms with Gasteiger partial charge in [-0.15, -0.1) is 0 Å². The number of rotatable bonds is 6. The van der Waals surface area contributed by atoms with Crippen molar-refractivity contribution in [2.75, 3.05) is 13.2 Å². The van der Waals surface area contributed by atoms with E-state index in [9.17, 15) is 0 Å². The van der Waals surface area contributed by atoms with Crippen LogP contribution in [0.2, 0.25) is 0 Å². The number of imidazole rings is 1. The van der Waals surface area contributed by atoms with Crippen LogP contribution in [0.5, 0.6) is 0 Å². The predicted molar refractivity (Wildman–Crippen MR) is 98.4 cm³/mol. The summed E-state index contributed by atoms with van der Waals surface area (Å²) in [5, 5.41) is 0. The lowest BCUT2D eigenvalue weighted by Crippen LogP contribution is -2.09. The Bertz CT molecular complexity index is 793. The van der Waals surface area contributed by atoms with Crippen LogP contribution in [-0.4, -0.2) is 27.7 Å². The molecule has 0 N–H and O–H groups in total. The van der Waals surface area contributed by atoms with Crippen molar-refractivity contribution in [2.45, 2.75) is 31.7 Å². The van der Waals surface area contributed by atoms with Crippen LogP contribution in [-0.2, 0) is 17.7 Å². The fourth-order valence-electron chi connectivity index (χ4n) is 3.57. The van der Waals surface area contributed by atoms with Gasteiger partial charge in [0, 0.05) is 37.0 Å². The van der Waals surface area contributed by atoms with E-state index in [4.69, 9.17) is 9.72 Å². The SMILES string of the molecule is c1ccc(-c2ncn(CCCc3cccnc3)c2[C@H]2CCOC2)cc1. The molecule has 1 fully saturated rings. The molecule has 1 aliphatic heterocycles. The largest absolute Gasteiger partial charge is 0.381 e. The molecule has 1 aliphatic rings. The van der Waals surface area contributed by atoms with Gasteiger partial charge in [0.2, 0.25) is 0 Å². The van der Waals surface area contributed by atoms with E-state index in [1.807, 2.05) is 30.9 Å². The first kappa shape index (κ1) is 16.0. The first-order valence-corrected chi connectivity index (χ1v) is 8.99. The van der Waals surface area contributed by atoms with Gasteiger partial charge >= 0.3 is 0 Å². The third-order valence-corrected chi connectivity index (χ3v) is 4.83. The number of benzene rings is 1. The molecule has 1 saturated heterocycles. The lowest BCUT2D eigenvalue weighted by molar-refractivity contribution is 0.193. The summed E-state index contributed by atoms with van der Waals surface area (Å²) in [5.41, 5.74) is 4.92. The summed E-state index contributed by atoms with van der Waals surface area (Å²) in [6.07, 6.45) is 8.97. The van der Waals surface area contributed by atoms with Gasteiger partial charge in [-0.1, -0.05) is 36.4 Å². The predicted octanol–water partition coefficient (Wildman–Crippen LogP) is 4.08. The Morgan fingerprint density at radius 1 is 1.12 bits per heavy atom. The maximum atomic E-state index is 5.65. The van der Waals surface area contributed by atoms with E-state index in [-0.39, 0.29) is 0 Å². The highest BCUT2D eigenvalue weighted by molar-refractivity contribution is 5.62. The molecule has 0 spiro atoms. The normalized spacial score (nSPS) is 17.0. The van der Waals surface area contributed by atoms with E-state index >= 15 is 0 Å². The van der Waals surface area contributed by atoms with Crippen LogP contribution in [0, 0.1) is 0 Å². The van der Waals surface area contributed by atoms with E-state index in [0.29, 0.717) is 5.92 Å². The minimum atomic E-state index is 0.441. The third kappa shape index (κ3) is 3.64. The van der Waals surface area contributed by atoms with Crippen molar-refractivity contribution in [2.24, 2.45) is 0 Å². The van der Waals surface area contributed by atoms with E-state index in [1.54, 1.807) is 0 Å². The lowest BCUT2D eigenvalue weighted by atomic mass is 9.99. The minimum Gasteiger partial charge on any atom is -0.381 e. The summed E-state index contributed by atoms with van der Waals surface area (Å²) < 4.78 is 7.98. The summed E-state index contributed by atoms with van der Waals surface area (Å²) in [4.78, 5) is 8.95. The zero-order valence-corrected chi connectivity index (χ0v) is 14.3. The van der Waals surface area contributed by atoms with Gasteiger partial charge in [0.05, 0.1) is 24.3 Å². The quantitative estimate of drug-likeness (QED) is 0.682. The maximum Gasteiger partial charge on any atom is 0.0956 e. The van der Waals surface area contributed by atoms with Crippen LogP contribution in [0.1, 0.15) is 30.0 Å². The molecule has 4 nitrogen and oxygen atoms in total. The van der Waals surface area contributed by atoms with Crippen molar-refractivity contribution in [1.82, 2.24) is 14.5 Å². The fourth-order valence-corrected chi connectivity index (χ4v) is 3.57. The topological polar surface area (TPSA) is 39.9 Å². The Morgan fingerprint density at radius 3 is 2.80 bits per heavy atom. The molecule has 1 aromatic carbocycles. The van der Waals surface area contributed by atoms with Crippen molar-refractivity contribution < 1.29 is 4.74 Å². The molecule has 0 saturated carbocycles. The number of pyridine rings is 1. The molecular formula is C21H23N3O. The number of hydrogen-bond donors (Lipinski definition) is 0. The van der Waals surface area contributed by atoms with E-state index in [2.05, 4.69) is 39.9 Å². The zero-order valence-electron chi connectivity index (χ0n) is 14.3. The average molecular weight is 333 g/mol. The van der Waals surface area contributed by atoms with Crippen LogP contribution < -0.4 is 0 Å². The molecule has 0 aliphatic carbocycles. The van der Waals surface area contributed by atoms with Crippen molar-refractivity contribution in [3.05, 3.63) is 72.4 Å². The Hall–Kier alpha value is -2.46. The number of nitrogens with zero attached hydrogens (tertiary/aromatic N) is 3. The average Bonchev–Trinajstić information content (AvgIpc) is 3.33. The van der Waals surface area contributed by atoms with E-state index < -0.39 is 0 Å². The maximum absolute atomic E-state index is 5.65. The number of aromatic nitrogens is 3. The minimum absolute atomic E-state index is 0.441. The molecule has 0 bridgehead atoms. The highest BCUT2D eigenvalue weighted by Gasteiger charge is 2.25. The van der Waals surface area contributed by atoms with Crippen LogP contribution in [0.3, 0.4) is 0 Å². The molecule has 4 heteroatoms. The summed E-state index contributed by atoms with van der Waals surface area (Å²) in [6, 6.07) is 14.6. The molecule has 128 valence electrons. The monoisotopic (exact) mass is 333 g/mol. The van der Waals surface area contributed by atoms with Crippen LogP contribution in [0.4, 0.5) is 0 Å². The van der Waals surface area contributed by atoms with Crippen molar-refractivity contribution >= 4 is 0 Å². The van der Waals surface area contributed by atoms with Gasteiger partial charge < -0.3 is 9.30 Å². The molecule has 0 amide bonds. The van der Waals surface area contributed by atoms with E-state index in [0.717, 1.165) is 44.7 Å². The summed E-state index contributed by atoms with van der Waals surface area (Å²) in [7, 11) is 0. The molecule has 3 aromatic rings. The molecular weight excluding hydrogens is 310 g/mol. The first-order valence-electron chi connectivity index (χ1n) is 8.99.